The van der Waals surface area contributed by atoms with Gasteiger partial charge in [0.25, 0.3) is 0 Å². The lowest BCUT2D eigenvalue weighted by Gasteiger charge is -2.25. The third kappa shape index (κ3) is 3.88. The van der Waals surface area contributed by atoms with Crippen LogP contribution >= 0.6 is 11.8 Å². The van der Waals surface area contributed by atoms with Gasteiger partial charge < -0.3 is 5.32 Å². The summed E-state index contributed by atoms with van der Waals surface area (Å²) in [6.45, 7) is 2.04. The van der Waals surface area contributed by atoms with Crippen LogP contribution in [-0.4, -0.2) is 17.6 Å². The zero-order valence-corrected chi connectivity index (χ0v) is 16.3. The van der Waals surface area contributed by atoms with E-state index in [0.717, 1.165) is 42.6 Å². The van der Waals surface area contributed by atoms with Gasteiger partial charge in [0, 0.05) is 17.3 Å². The molecule has 1 aliphatic carbocycles. The van der Waals surface area contributed by atoms with E-state index in [4.69, 9.17) is 0 Å². The lowest BCUT2D eigenvalue weighted by molar-refractivity contribution is -0.119. The molecule has 4 rings (SSSR count). The summed E-state index contributed by atoms with van der Waals surface area (Å²) in [6, 6.07) is 16.0. The Kier molecular flexibility index (Phi) is 5.21. The van der Waals surface area contributed by atoms with Crippen molar-refractivity contribution < 1.29 is 9.59 Å². The second-order valence-electron chi connectivity index (χ2n) is 7.36. The quantitative estimate of drug-likeness (QED) is 0.820. The fraction of sp³-hybridized carbons (Fsp3) is 0.364. The molecule has 140 valence electrons. The van der Waals surface area contributed by atoms with Crippen LogP contribution in [0, 0.1) is 12.8 Å². The second kappa shape index (κ2) is 7.77. The molecule has 0 unspecified atom stereocenters. The maximum absolute atomic E-state index is 12.5. The summed E-state index contributed by atoms with van der Waals surface area (Å²) >= 11 is 1.63. The molecular formula is C22H24N2O2S. The number of carbonyl (C=O) groups excluding carboxylic acids is 2. The van der Waals surface area contributed by atoms with Gasteiger partial charge in [-0.25, -0.2) is 0 Å². The zero-order chi connectivity index (χ0) is 18.8. The largest absolute Gasteiger partial charge is 0.326 e. The lowest BCUT2D eigenvalue weighted by atomic mass is 10.1. The minimum absolute atomic E-state index is 0.0662. The molecule has 0 aromatic heterocycles. The fourth-order valence-corrected chi connectivity index (χ4v) is 5.02. The number of carbonyl (C=O) groups is 2. The molecule has 2 fully saturated rings. The Morgan fingerprint density at radius 3 is 2.59 bits per heavy atom. The topological polar surface area (TPSA) is 49.4 Å². The molecule has 2 aliphatic rings. The van der Waals surface area contributed by atoms with Crippen molar-refractivity contribution in [2.45, 2.75) is 38.0 Å². The Hall–Kier alpha value is -2.27. The van der Waals surface area contributed by atoms with Crippen molar-refractivity contribution in [3.05, 3.63) is 59.7 Å². The number of anilines is 2. The van der Waals surface area contributed by atoms with Crippen LogP contribution in [0.2, 0.25) is 0 Å². The normalized spacial score (nSPS) is 20.3. The van der Waals surface area contributed by atoms with Crippen LogP contribution in [0.4, 0.5) is 11.4 Å². The van der Waals surface area contributed by atoms with Crippen molar-refractivity contribution in [2.24, 2.45) is 5.92 Å². The van der Waals surface area contributed by atoms with E-state index >= 15 is 0 Å². The first kappa shape index (κ1) is 18.1. The number of hydrogen-bond acceptors (Lipinski definition) is 3. The fourth-order valence-electron chi connectivity index (χ4n) is 3.86. The molecule has 0 bridgehead atoms. The molecule has 1 aliphatic heterocycles. The highest BCUT2D eigenvalue weighted by Crippen LogP contribution is 2.42. The van der Waals surface area contributed by atoms with Crippen molar-refractivity contribution in [2.75, 3.05) is 16.0 Å². The van der Waals surface area contributed by atoms with Gasteiger partial charge in [0.2, 0.25) is 11.8 Å². The molecule has 0 radical (unpaired) electrons. The van der Waals surface area contributed by atoms with E-state index in [9.17, 15) is 9.59 Å². The van der Waals surface area contributed by atoms with Crippen molar-refractivity contribution in [3.63, 3.8) is 0 Å². The molecule has 5 heteroatoms. The predicted molar refractivity (Wildman–Crippen MR) is 111 cm³/mol. The minimum Gasteiger partial charge on any atom is -0.326 e. The highest BCUT2D eigenvalue weighted by Gasteiger charge is 2.34. The molecular weight excluding hydrogens is 356 g/mol. The van der Waals surface area contributed by atoms with Crippen molar-refractivity contribution in [1.82, 2.24) is 0 Å². The highest BCUT2D eigenvalue weighted by atomic mass is 32.2. The Balaban J connectivity index is 1.55. The van der Waals surface area contributed by atoms with E-state index in [-0.39, 0.29) is 23.1 Å². The summed E-state index contributed by atoms with van der Waals surface area (Å²) in [4.78, 5) is 26.8. The van der Waals surface area contributed by atoms with Gasteiger partial charge in [0.1, 0.15) is 5.37 Å². The number of hydrogen-bond donors (Lipinski definition) is 1. The van der Waals surface area contributed by atoms with E-state index in [1.807, 2.05) is 60.4 Å². The van der Waals surface area contributed by atoms with Crippen LogP contribution in [0.25, 0.3) is 0 Å². The van der Waals surface area contributed by atoms with Gasteiger partial charge in [0.05, 0.1) is 5.75 Å². The van der Waals surface area contributed by atoms with Gasteiger partial charge in [-0.15, -0.1) is 11.8 Å². The smallest absolute Gasteiger partial charge is 0.238 e. The van der Waals surface area contributed by atoms with Gasteiger partial charge in [-0.3, -0.25) is 14.5 Å². The number of nitrogens with one attached hydrogen (secondary N) is 1. The van der Waals surface area contributed by atoms with E-state index in [2.05, 4.69) is 5.32 Å². The first-order valence-corrected chi connectivity index (χ1v) is 10.6. The monoisotopic (exact) mass is 380 g/mol. The summed E-state index contributed by atoms with van der Waals surface area (Å²) in [7, 11) is 0. The Labute approximate surface area is 164 Å². The molecule has 1 saturated carbocycles. The van der Waals surface area contributed by atoms with E-state index in [1.54, 1.807) is 11.8 Å². The third-order valence-electron chi connectivity index (χ3n) is 5.35. The summed E-state index contributed by atoms with van der Waals surface area (Å²) in [5, 5.41) is 3.00. The number of benzene rings is 2. The highest BCUT2D eigenvalue weighted by molar-refractivity contribution is 8.00. The Morgan fingerprint density at radius 2 is 1.85 bits per heavy atom. The minimum atomic E-state index is -0.0662. The number of amides is 2. The number of thioether (sulfide) groups is 1. The van der Waals surface area contributed by atoms with E-state index in [0.29, 0.717) is 5.75 Å². The molecule has 2 aromatic carbocycles. The first-order chi connectivity index (χ1) is 13.1. The number of aryl methyl sites for hydroxylation is 1. The van der Waals surface area contributed by atoms with Gasteiger partial charge in [-0.05, 0) is 49.6 Å². The lowest BCUT2D eigenvalue weighted by Crippen LogP contribution is -2.27. The number of rotatable bonds is 4. The van der Waals surface area contributed by atoms with Crippen LogP contribution < -0.4 is 10.2 Å². The average Bonchev–Trinajstić information content (AvgIpc) is 3.33. The molecule has 2 amide bonds. The van der Waals surface area contributed by atoms with E-state index < -0.39 is 0 Å². The molecule has 1 heterocycles. The predicted octanol–water partition coefficient (Wildman–Crippen LogP) is 4.90. The standard InChI is InChI=1S/C22H24N2O2S/c1-15-9-11-19(12-10-15)24-20(25)14-27-22(24)17-7-4-8-18(13-17)23-21(26)16-5-2-3-6-16/h4,7-13,16,22H,2-3,5-6,14H2,1H3,(H,23,26)/t22-/m1/s1. The van der Waals surface area contributed by atoms with Gasteiger partial charge >= 0.3 is 0 Å². The molecule has 27 heavy (non-hydrogen) atoms. The first-order valence-electron chi connectivity index (χ1n) is 9.53. The summed E-state index contributed by atoms with van der Waals surface area (Å²) in [6.07, 6.45) is 4.26. The molecule has 1 saturated heterocycles. The van der Waals surface area contributed by atoms with Crippen LogP contribution in [0.3, 0.4) is 0 Å². The molecule has 4 nitrogen and oxygen atoms in total. The summed E-state index contributed by atoms with van der Waals surface area (Å²) in [5.41, 5.74) is 3.94. The van der Waals surface area contributed by atoms with Crippen LogP contribution in [0.15, 0.2) is 48.5 Å². The third-order valence-corrected chi connectivity index (χ3v) is 6.56. The Bertz CT molecular complexity index is 844. The van der Waals surface area contributed by atoms with Crippen molar-refractivity contribution in [3.8, 4) is 0 Å². The van der Waals surface area contributed by atoms with Crippen LogP contribution in [0.1, 0.15) is 42.2 Å². The zero-order valence-electron chi connectivity index (χ0n) is 15.5. The van der Waals surface area contributed by atoms with Gasteiger partial charge in [-0.2, -0.15) is 0 Å². The van der Waals surface area contributed by atoms with Crippen LogP contribution in [0.5, 0.6) is 0 Å². The molecule has 2 aromatic rings. The Morgan fingerprint density at radius 1 is 1.11 bits per heavy atom. The average molecular weight is 381 g/mol. The molecule has 1 N–H and O–H groups in total. The number of nitrogens with zero attached hydrogens (tertiary/aromatic N) is 1. The van der Waals surface area contributed by atoms with E-state index in [1.165, 1.54) is 5.56 Å². The van der Waals surface area contributed by atoms with Crippen molar-refractivity contribution in [1.29, 1.82) is 0 Å². The SMILES string of the molecule is Cc1ccc(N2C(=O)CS[C@@H]2c2cccc(NC(=O)C3CCCC3)c2)cc1. The van der Waals surface area contributed by atoms with Crippen LogP contribution in [-0.2, 0) is 9.59 Å². The summed E-state index contributed by atoms with van der Waals surface area (Å²) < 4.78 is 0. The second-order valence-corrected chi connectivity index (χ2v) is 8.43. The van der Waals surface area contributed by atoms with Crippen molar-refractivity contribution >= 4 is 35.0 Å². The van der Waals surface area contributed by atoms with Gasteiger partial charge in [0.15, 0.2) is 0 Å². The maximum Gasteiger partial charge on any atom is 0.238 e. The maximum atomic E-state index is 12.5. The van der Waals surface area contributed by atoms with Gasteiger partial charge in [-0.1, -0.05) is 42.7 Å². The molecule has 0 spiro atoms. The molecule has 1 atom stereocenters. The summed E-state index contributed by atoms with van der Waals surface area (Å²) in [5.74, 6) is 0.849.